The highest BCUT2D eigenvalue weighted by atomic mass is 16.4. The number of hydrogen-bond acceptors (Lipinski definition) is 3. The Morgan fingerprint density at radius 3 is 2.96 bits per heavy atom. The van der Waals surface area contributed by atoms with Crippen molar-refractivity contribution in [2.45, 2.75) is 44.7 Å². The second-order valence-corrected chi connectivity index (χ2v) is 6.94. The van der Waals surface area contributed by atoms with Crippen LogP contribution in [0.25, 0.3) is 10.9 Å². The van der Waals surface area contributed by atoms with Crippen molar-refractivity contribution in [3.63, 3.8) is 0 Å². The van der Waals surface area contributed by atoms with E-state index in [9.17, 15) is 9.90 Å². The summed E-state index contributed by atoms with van der Waals surface area (Å²) in [7, 11) is 0. The van der Waals surface area contributed by atoms with Gasteiger partial charge < -0.3 is 10.1 Å². The van der Waals surface area contributed by atoms with Crippen molar-refractivity contribution >= 4 is 16.9 Å². The van der Waals surface area contributed by atoms with E-state index >= 15 is 0 Å². The third-order valence-corrected chi connectivity index (χ3v) is 5.28. The van der Waals surface area contributed by atoms with Crippen molar-refractivity contribution in [3.05, 3.63) is 65.1 Å². The predicted molar refractivity (Wildman–Crippen MR) is 101 cm³/mol. The van der Waals surface area contributed by atoms with E-state index in [0.717, 1.165) is 35.0 Å². The van der Waals surface area contributed by atoms with Crippen molar-refractivity contribution in [1.82, 2.24) is 15.3 Å². The fraction of sp³-hybridized carbons (Fsp3) is 0.333. The Kier molecular flexibility index (Phi) is 4.71. The van der Waals surface area contributed by atoms with Crippen LogP contribution < -0.4 is 5.32 Å². The number of aryl methyl sites for hydroxylation is 1. The second-order valence-electron chi connectivity index (χ2n) is 6.94. The molecule has 3 aromatic rings. The lowest BCUT2D eigenvalue weighted by Gasteiger charge is -2.20. The van der Waals surface area contributed by atoms with E-state index < -0.39 is 12.0 Å². The Morgan fingerprint density at radius 1 is 1.23 bits per heavy atom. The van der Waals surface area contributed by atoms with Gasteiger partial charge in [0.25, 0.3) is 0 Å². The molecule has 4 rings (SSSR count). The monoisotopic (exact) mass is 349 g/mol. The fourth-order valence-electron chi connectivity index (χ4n) is 3.88. The Bertz CT molecular complexity index is 932. The zero-order valence-electron chi connectivity index (χ0n) is 14.7. The van der Waals surface area contributed by atoms with E-state index in [-0.39, 0.29) is 0 Å². The number of carboxylic acid groups (broad SMARTS) is 1. The summed E-state index contributed by atoms with van der Waals surface area (Å²) in [5.41, 5.74) is 5.72. The van der Waals surface area contributed by atoms with Crippen LogP contribution >= 0.6 is 0 Å². The summed E-state index contributed by atoms with van der Waals surface area (Å²) in [5, 5.41) is 14.0. The molecule has 2 aromatic heterocycles. The van der Waals surface area contributed by atoms with E-state index in [0.29, 0.717) is 13.0 Å². The number of aromatic nitrogens is 2. The third kappa shape index (κ3) is 3.35. The van der Waals surface area contributed by atoms with Crippen molar-refractivity contribution in [2.24, 2.45) is 0 Å². The maximum Gasteiger partial charge on any atom is 0.321 e. The number of carbonyl (C=O) groups is 1. The molecule has 0 radical (unpaired) electrons. The summed E-state index contributed by atoms with van der Waals surface area (Å²) in [6.07, 6.45) is 8.74. The SMILES string of the molecule is O=C(O)[C@@H](Cc1c[nH]c2ccccc12)NCc1nccc2c1CCCC2. The molecule has 0 aliphatic heterocycles. The van der Waals surface area contributed by atoms with Crippen LogP contribution in [0.5, 0.6) is 0 Å². The highest BCUT2D eigenvalue weighted by Gasteiger charge is 2.21. The van der Waals surface area contributed by atoms with Crippen LogP contribution in [0.2, 0.25) is 0 Å². The van der Waals surface area contributed by atoms with Gasteiger partial charge in [-0.3, -0.25) is 15.1 Å². The quantitative estimate of drug-likeness (QED) is 0.638. The molecule has 0 saturated heterocycles. The number of aliphatic carboxylic acids is 1. The number of nitrogens with one attached hydrogen (secondary N) is 2. The van der Waals surface area contributed by atoms with Crippen LogP contribution in [0.1, 0.15) is 35.2 Å². The first-order chi connectivity index (χ1) is 12.7. The second kappa shape index (κ2) is 7.30. The molecule has 1 aromatic carbocycles. The normalized spacial score (nSPS) is 14.9. The molecule has 0 amide bonds. The van der Waals surface area contributed by atoms with Gasteiger partial charge >= 0.3 is 5.97 Å². The molecular formula is C21H23N3O2. The van der Waals surface area contributed by atoms with E-state index in [1.54, 1.807) is 0 Å². The molecule has 0 fully saturated rings. The van der Waals surface area contributed by atoms with Crippen molar-refractivity contribution < 1.29 is 9.90 Å². The van der Waals surface area contributed by atoms with Crippen molar-refractivity contribution in [2.75, 3.05) is 0 Å². The van der Waals surface area contributed by atoms with Gasteiger partial charge in [0.15, 0.2) is 0 Å². The number of benzene rings is 1. The minimum absolute atomic E-state index is 0.439. The lowest BCUT2D eigenvalue weighted by atomic mass is 9.91. The lowest BCUT2D eigenvalue weighted by Crippen LogP contribution is -2.38. The molecule has 0 saturated carbocycles. The molecule has 0 bridgehead atoms. The fourth-order valence-corrected chi connectivity index (χ4v) is 3.88. The molecule has 5 heteroatoms. The van der Waals surface area contributed by atoms with Gasteiger partial charge in [0.1, 0.15) is 6.04 Å². The van der Waals surface area contributed by atoms with E-state index in [1.165, 1.54) is 24.0 Å². The summed E-state index contributed by atoms with van der Waals surface area (Å²) in [4.78, 5) is 19.5. The zero-order chi connectivity index (χ0) is 17.9. The van der Waals surface area contributed by atoms with Gasteiger partial charge in [-0.15, -0.1) is 0 Å². The minimum Gasteiger partial charge on any atom is -0.480 e. The van der Waals surface area contributed by atoms with Crippen molar-refractivity contribution in [3.8, 4) is 0 Å². The molecule has 2 heterocycles. The summed E-state index contributed by atoms with van der Waals surface area (Å²) in [5.74, 6) is -0.833. The topological polar surface area (TPSA) is 78.0 Å². The van der Waals surface area contributed by atoms with Crippen LogP contribution in [0.15, 0.2) is 42.7 Å². The van der Waals surface area contributed by atoms with Crippen LogP contribution in [0, 0.1) is 0 Å². The summed E-state index contributed by atoms with van der Waals surface area (Å²) >= 11 is 0. The Labute approximate surface area is 152 Å². The van der Waals surface area contributed by atoms with Gasteiger partial charge in [0, 0.05) is 36.3 Å². The number of para-hydroxylation sites is 1. The average Bonchev–Trinajstić information content (AvgIpc) is 3.08. The number of H-pyrrole nitrogens is 1. The molecule has 5 nitrogen and oxygen atoms in total. The summed E-state index contributed by atoms with van der Waals surface area (Å²) in [6, 6.07) is 9.43. The Hall–Kier alpha value is -2.66. The van der Waals surface area contributed by atoms with Gasteiger partial charge in [0.2, 0.25) is 0 Å². The van der Waals surface area contributed by atoms with E-state index in [2.05, 4.69) is 21.4 Å². The molecule has 1 aliphatic carbocycles. The largest absolute Gasteiger partial charge is 0.480 e. The standard InChI is InChI=1S/C21H23N3O2/c25-21(26)19(11-15-12-23-18-8-4-3-7-17(15)18)24-13-20-16-6-2-1-5-14(16)9-10-22-20/h3-4,7-10,12,19,23-24H,1-2,5-6,11,13H2,(H,25,26)/t19-/m1/s1. The summed E-state index contributed by atoms with van der Waals surface area (Å²) in [6.45, 7) is 0.489. The van der Waals surface area contributed by atoms with Crippen LogP contribution in [-0.2, 0) is 30.6 Å². The van der Waals surface area contributed by atoms with Crippen molar-refractivity contribution in [1.29, 1.82) is 0 Å². The lowest BCUT2D eigenvalue weighted by molar-refractivity contribution is -0.139. The highest BCUT2D eigenvalue weighted by molar-refractivity contribution is 5.84. The van der Waals surface area contributed by atoms with Gasteiger partial charge in [-0.1, -0.05) is 18.2 Å². The minimum atomic E-state index is -0.833. The van der Waals surface area contributed by atoms with E-state index in [4.69, 9.17) is 0 Å². The number of aromatic amines is 1. The molecular weight excluding hydrogens is 326 g/mol. The highest BCUT2D eigenvalue weighted by Crippen LogP contribution is 2.23. The van der Waals surface area contributed by atoms with E-state index in [1.807, 2.05) is 36.7 Å². The maximum absolute atomic E-state index is 11.8. The predicted octanol–water partition coefficient (Wildman–Crippen LogP) is 3.23. The summed E-state index contributed by atoms with van der Waals surface area (Å²) < 4.78 is 0. The Morgan fingerprint density at radius 2 is 2.08 bits per heavy atom. The van der Waals surface area contributed by atoms with Gasteiger partial charge in [-0.2, -0.15) is 0 Å². The molecule has 0 unspecified atom stereocenters. The van der Waals surface area contributed by atoms with Gasteiger partial charge in [-0.05, 0) is 54.5 Å². The van der Waals surface area contributed by atoms with Crippen LogP contribution in [0.3, 0.4) is 0 Å². The molecule has 0 spiro atoms. The van der Waals surface area contributed by atoms with Crippen LogP contribution in [-0.4, -0.2) is 27.1 Å². The third-order valence-electron chi connectivity index (χ3n) is 5.28. The maximum atomic E-state index is 11.8. The number of hydrogen-bond donors (Lipinski definition) is 3. The number of carboxylic acids is 1. The first-order valence-corrected chi connectivity index (χ1v) is 9.19. The average molecular weight is 349 g/mol. The molecule has 1 atom stereocenters. The van der Waals surface area contributed by atoms with Crippen LogP contribution in [0.4, 0.5) is 0 Å². The first kappa shape index (κ1) is 16.8. The number of rotatable bonds is 6. The smallest absolute Gasteiger partial charge is 0.321 e. The molecule has 1 aliphatic rings. The van der Waals surface area contributed by atoms with Gasteiger partial charge in [0.05, 0.1) is 5.69 Å². The molecule has 134 valence electrons. The number of nitrogens with zero attached hydrogens (tertiary/aromatic N) is 1. The Balaban J connectivity index is 1.51. The zero-order valence-corrected chi connectivity index (χ0v) is 14.7. The molecule has 26 heavy (non-hydrogen) atoms. The molecule has 3 N–H and O–H groups in total. The number of pyridine rings is 1. The van der Waals surface area contributed by atoms with Gasteiger partial charge in [-0.25, -0.2) is 0 Å². The number of fused-ring (bicyclic) bond motifs is 2. The first-order valence-electron chi connectivity index (χ1n) is 9.19.